The number of rotatable bonds is 7. The third-order valence-electron chi connectivity index (χ3n) is 4.33. The van der Waals surface area contributed by atoms with Crippen molar-refractivity contribution in [3.05, 3.63) is 54.7 Å². The van der Waals surface area contributed by atoms with E-state index in [1.54, 1.807) is 48.8 Å². The summed E-state index contributed by atoms with van der Waals surface area (Å²) in [4.78, 5) is 32.3. The molecule has 8 nitrogen and oxygen atoms in total. The van der Waals surface area contributed by atoms with Gasteiger partial charge in [0.05, 0.1) is 0 Å². The Morgan fingerprint density at radius 1 is 1.07 bits per heavy atom. The van der Waals surface area contributed by atoms with Crippen LogP contribution in [0.15, 0.2) is 53.3 Å². The second kappa shape index (κ2) is 7.99. The van der Waals surface area contributed by atoms with Gasteiger partial charge in [0.25, 0.3) is 0 Å². The maximum Gasteiger partial charge on any atom is 0.227 e. The zero-order valence-corrected chi connectivity index (χ0v) is 15.1. The fraction of sp³-hybridized carbons (Fsp3) is 0.250. The summed E-state index contributed by atoms with van der Waals surface area (Å²) in [6, 6.07) is 10.7. The molecule has 28 heavy (non-hydrogen) atoms. The average molecular weight is 377 g/mol. The number of anilines is 2. The number of amides is 2. The zero-order chi connectivity index (χ0) is 19.3. The molecule has 0 aliphatic heterocycles. The van der Waals surface area contributed by atoms with Crippen LogP contribution in [0.25, 0.3) is 11.4 Å². The molecule has 1 aliphatic carbocycles. The van der Waals surface area contributed by atoms with Gasteiger partial charge in [-0.05, 0) is 43.2 Å². The van der Waals surface area contributed by atoms with E-state index < -0.39 is 0 Å². The van der Waals surface area contributed by atoms with E-state index in [-0.39, 0.29) is 24.2 Å². The van der Waals surface area contributed by atoms with Crippen molar-refractivity contribution in [3.8, 4) is 11.4 Å². The van der Waals surface area contributed by atoms with Crippen LogP contribution in [-0.4, -0.2) is 26.9 Å². The van der Waals surface area contributed by atoms with Crippen molar-refractivity contribution in [1.82, 2.24) is 15.1 Å². The van der Waals surface area contributed by atoms with Crippen molar-refractivity contribution < 1.29 is 14.1 Å². The van der Waals surface area contributed by atoms with E-state index in [1.807, 2.05) is 0 Å². The van der Waals surface area contributed by atoms with E-state index in [0.717, 1.165) is 18.4 Å². The fourth-order valence-electron chi connectivity index (χ4n) is 2.68. The summed E-state index contributed by atoms with van der Waals surface area (Å²) in [6.45, 7) is 0. The summed E-state index contributed by atoms with van der Waals surface area (Å²) in [7, 11) is 0. The Kier molecular flexibility index (Phi) is 5.09. The maximum absolute atomic E-state index is 12.2. The van der Waals surface area contributed by atoms with Crippen molar-refractivity contribution >= 4 is 23.2 Å². The lowest BCUT2D eigenvalue weighted by molar-refractivity contribution is -0.117. The summed E-state index contributed by atoms with van der Waals surface area (Å²) in [6.07, 6.45) is 5.74. The molecule has 1 aromatic carbocycles. The molecule has 4 rings (SSSR count). The van der Waals surface area contributed by atoms with Crippen molar-refractivity contribution in [2.45, 2.75) is 25.7 Å². The Bertz CT molecular complexity index is 982. The van der Waals surface area contributed by atoms with Gasteiger partial charge in [0.2, 0.25) is 23.5 Å². The first kappa shape index (κ1) is 17.8. The number of carbonyl (C=O) groups is 2. The van der Waals surface area contributed by atoms with E-state index in [1.165, 1.54) is 0 Å². The van der Waals surface area contributed by atoms with Crippen LogP contribution >= 0.6 is 0 Å². The number of benzene rings is 1. The minimum Gasteiger partial charge on any atom is -0.339 e. The van der Waals surface area contributed by atoms with Crippen LogP contribution in [-0.2, 0) is 16.0 Å². The summed E-state index contributed by atoms with van der Waals surface area (Å²) >= 11 is 0. The van der Waals surface area contributed by atoms with Gasteiger partial charge in [0.1, 0.15) is 0 Å². The summed E-state index contributed by atoms with van der Waals surface area (Å²) < 4.78 is 5.20. The van der Waals surface area contributed by atoms with Crippen LogP contribution in [0.4, 0.5) is 11.4 Å². The molecule has 2 N–H and O–H groups in total. The minimum absolute atomic E-state index is 0.0323. The van der Waals surface area contributed by atoms with E-state index in [4.69, 9.17) is 4.52 Å². The van der Waals surface area contributed by atoms with Gasteiger partial charge in [-0.25, -0.2) is 0 Å². The minimum atomic E-state index is -0.172. The smallest absolute Gasteiger partial charge is 0.227 e. The molecule has 142 valence electrons. The van der Waals surface area contributed by atoms with Crippen LogP contribution in [0, 0.1) is 5.92 Å². The maximum atomic E-state index is 12.2. The number of nitrogens with one attached hydrogen (secondary N) is 2. The molecule has 0 unspecified atom stereocenters. The number of hydrogen-bond acceptors (Lipinski definition) is 6. The second-order valence-corrected chi connectivity index (χ2v) is 6.64. The summed E-state index contributed by atoms with van der Waals surface area (Å²) in [5.74, 6) is 0.855. The summed E-state index contributed by atoms with van der Waals surface area (Å²) in [5.41, 5.74) is 2.11. The first-order valence-electron chi connectivity index (χ1n) is 9.11. The topological polar surface area (TPSA) is 110 Å². The molecule has 2 heterocycles. The van der Waals surface area contributed by atoms with Crippen LogP contribution in [0.2, 0.25) is 0 Å². The van der Waals surface area contributed by atoms with Crippen LogP contribution < -0.4 is 10.6 Å². The van der Waals surface area contributed by atoms with Gasteiger partial charge < -0.3 is 15.2 Å². The number of nitrogens with zero attached hydrogens (tertiary/aromatic N) is 3. The molecule has 0 radical (unpaired) electrons. The first-order chi connectivity index (χ1) is 13.7. The number of aryl methyl sites for hydroxylation is 1. The van der Waals surface area contributed by atoms with Gasteiger partial charge in [-0.3, -0.25) is 14.6 Å². The van der Waals surface area contributed by atoms with E-state index in [9.17, 15) is 9.59 Å². The van der Waals surface area contributed by atoms with Crippen LogP contribution in [0.5, 0.6) is 0 Å². The monoisotopic (exact) mass is 377 g/mol. The van der Waals surface area contributed by atoms with E-state index in [0.29, 0.717) is 29.5 Å². The molecule has 1 aliphatic rings. The van der Waals surface area contributed by atoms with Gasteiger partial charge in [0.15, 0.2) is 0 Å². The molecule has 0 spiro atoms. The fourth-order valence-corrected chi connectivity index (χ4v) is 2.68. The standard InChI is InChI=1S/C20H19N5O3/c26-17(6-7-18-24-19(25-28-18)13-8-10-21-11-9-13)22-15-2-1-3-16(12-15)23-20(27)14-4-5-14/h1-3,8-12,14H,4-7H2,(H,22,26)(H,23,27). The lowest BCUT2D eigenvalue weighted by atomic mass is 10.2. The summed E-state index contributed by atoms with van der Waals surface area (Å²) in [5, 5.41) is 9.61. The highest BCUT2D eigenvalue weighted by atomic mass is 16.5. The molecule has 3 aromatic rings. The molecule has 1 saturated carbocycles. The zero-order valence-electron chi connectivity index (χ0n) is 15.1. The van der Waals surface area contributed by atoms with Crippen molar-refractivity contribution in [3.63, 3.8) is 0 Å². The second-order valence-electron chi connectivity index (χ2n) is 6.64. The molecule has 1 fully saturated rings. The molecule has 0 saturated heterocycles. The van der Waals surface area contributed by atoms with Gasteiger partial charge in [-0.2, -0.15) is 4.98 Å². The number of carbonyl (C=O) groups excluding carboxylic acids is 2. The van der Waals surface area contributed by atoms with Gasteiger partial charge in [0, 0.05) is 48.1 Å². The Labute approximate surface area is 161 Å². The van der Waals surface area contributed by atoms with Crippen molar-refractivity contribution in [1.29, 1.82) is 0 Å². The molecule has 2 amide bonds. The Morgan fingerprint density at radius 3 is 2.57 bits per heavy atom. The van der Waals surface area contributed by atoms with Crippen molar-refractivity contribution in [2.75, 3.05) is 10.6 Å². The third-order valence-corrected chi connectivity index (χ3v) is 4.33. The SMILES string of the molecule is O=C(CCc1nc(-c2ccncc2)no1)Nc1cccc(NC(=O)C2CC2)c1. The number of pyridine rings is 1. The Hall–Kier alpha value is -3.55. The lowest BCUT2D eigenvalue weighted by Gasteiger charge is -2.08. The first-order valence-corrected chi connectivity index (χ1v) is 9.11. The molecule has 8 heteroatoms. The molecular formula is C20H19N5O3. The highest BCUT2D eigenvalue weighted by Crippen LogP contribution is 2.30. The predicted octanol–water partition coefficient (Wildman–Crippen LogP) is 3.05. The Balaban J connectivity index is 1.30. The highest BCUT2D eigenvalue weighted by molar-refractivity contribution is 5.95. The van der Waals surface area contributed by atoms with Gasteiger partial charge in [-0.15, -0.1) is 0 Å². The normalized spacial score (nSPS) is 13.1. The third kappa shape index (κ3) is 4.59. The largest absolute Gasteiger partial charge is 0.339 e. The number of hydrogen-bond donors (Lipinski definition) is 2. The quantitative estimate of drug-likeness (QED) is 0.655. The number of aromatic nitrogens is 3. The lowest BCUT2D eigenvalue weighted by Crippen LogP contribution is -2.15. The molecular weight excluding hydrogens is 358 g/mol. The van der Waals surface area contributed by atoms with Gasteiger partial charge >= 0.3 is 0 Å². The van der Waals surface area contributed by atoms with Crippen molar-refractivity contribution in [2.24, 2.45) is 5.92 Å². The molecule has 2 aromatic heterocycles. The van der Waals surface area contributed by atoms with E-state index in [2.05, 4.69) is 25.8 Å². The highest BCUT2D eigenvalue weighted by Gasteiger charge is 2.29. The Morgan fingerprint density at radius 2 is 1.82 bits per heavy atom. The van der Waals surface area contributed by atoms with E-state index >= 15 is 0 Å². The van der Waals surface area contributed by atoms with Gasteiger partial charge in [-0.1, -0.05) is 11.2 Å². The molecule has 0 bridgehead atoms. The molecule has 0 atom stereocenters. The van der Waals surface area contributed by atoms with Crippen LogP contribution in [0.3, 0.4) is 0 Å². The predicted molar refractivity (Wildman–Crippen MR) is 102 cm³/mol. The average Bonchev–Trinajstić information content (AvgIpc) is 3.46. The van der Waals surface area contributed by atoms with Crippen LogP contribution in [0.1, 0.15) is 25.2 Å².